The molecule has 0 bridgehead atoms. The van der Waals surface area contributed by atoms with Gasteiger partial charge in [-0.3, -0.25) is 4.79 Å². The second-order valence-corrected chi connectivity index (χ2v) is 9.30. The maximum atomic E-state index is 12.6. The van der Waals surface area contributed by atoms with E-state index >= 15 is 0 Å². The number of halogens is 1. The van der Waals surface area contributed by atoms with Gasteiger partial charge >= 0.3 is 0 Å². The van der Waals surface area contributed by atoms with Crippen LogP contribution in [0.4, 0.5) is 5.95 Å². The predicted molar refractivity (Wildman–Crippen MR) is 99.9 cm³/mol. The summed E-state index contributed by atoms with van der Waals surface area (Å²) in [5.41, 5.74) is 0. The Morgan fingerprint density at radius 3 is 2.54 bits per heavy atom. The van der Waals surface area contributed by atoms with Gasteiger partial charge in [-0.05, 0) is 29.5 Å². The lowest BCUT2D eigenvalue weighted by Crippen LogP contribution is -2.57. The molecule has 1 aromatic heterocycles. The van der Waals surface area contributed by atoms with Gasteiger partial charge in [-0.25, -0.2) is 8.42 Å². The summed E-state index contributed by atoms with van der Waals surface area (Å²) in [6.45, 7) is 2.77. The molecule has 0 N–H and O–H groups in total. The minimum atomic E-state index is -3.49. The molecule has 0 saturated carbocycles. The van der Waals surface area contributed by atoms with E-state index in [1.54, 1.807) is 12.1 Å². The van der Waals surface area contributed by atoms with Gasteiger partial charge in [0.2, 0.25) is 5.91 Å². The third-order valence-electron chi connectivity index (χ3n) is 4.79. The number of hydrogen-bond acceptors (Lipinski definition) is 8. The Bertz CT molecular complexity index is 952. The van der Waals surface area contributed by atoms with E-state index in [1.165, 1.54) is 21.8 Å². The highest BCUT2D eigenvalue weighted by Gasteiger charge is 2.40. The van der Waals surface area contributed by atoms with Crippen molar-refractivity contribution in [3.8, 4) is 0 Å². The maximum Gasteiger partial charge on any atom is 0.266 e. The average molecular weight is 427 g/mol. The second kappa shape index (κ2) is 7.64. The summed E-state index contributed by atoms with van der Waals surface area (Å²) in [6, 6.07) is 6.04. The minimum absolute atomic E-state index is 0.0783. The third kappa shape index (κ3) is 3.82. The van der Waals surface area contributed by atoms with Gasteiger partial charge in [0.15, 0.2) is 9.84 Å². The van der Waals surface area contributed by atoms with Crippen LogP contribution in [0, 0.1) is 0 Å². The number of sulfone groups is 1. The Hall–Kier alpha value is -2.24. The van der Waals surface area contributed by atoms with Crippen molar-refractivity contribution in [2.45, 2.75) is 16.7 Å². The minimum Gasteiger partial charge on any atom is -0.378 e. The standard InChI is InChI=1S/C16H19ClN6O4S/c17-12-1-3-13(4-2-12)28(25,26)14-9-22(10-14)15(24)11-23-19-16(18-20-23)21-5-7-27-8-6-21/h1-4,14H,5-11H2. The van der Waals surface area contributed by atoms with E-state index in [4.69, 9.17) is 16.3 Å². The number of benzene rings is 1. The van der Waals surface area contributed by atoms with Gasteiger partial charge in [0.1, 0.15) is 11.8 Å². The molecule has 3 heterocycles. The van der Waals surface area contributed by atoms with Crippen LogP contribution in [-0.4, -0.2) is 84.1 Å². The molecular formula is C16H19ClN6O4S. The highest BCUT2D eigenvalue weighted by molar-refractivity contribution is 7.92. The van der Waals surface area contributed by atoms with Crippen molar-refractivity contribution in [3.63, 3.8) is 0 Å². The summed E-state index contributed by atoms with van der Waals surface area (Å²) in [5.74, 6) is 0.219. The molecule has 150 valence electrons. The number of carbonyl (C=O) groups is 1. The van der Waals surface area contributed by atoms with Gasteiger partial charge in [0.05, 0.1) is 18.1 Å². The van der Waals surface area contributed by atoms with Gasteiger partial charge in [0, 0.05) is 31.2 Å². The molecule has 0 radical (unpaired) electrons. The molecule has 0 atom stereocenters. The number of nitrogens with zero attached hydrogens (tertiary/aromatic N) is 6. The van der Waals surface area contributed by atoms with E-state index in [9.17, 15) is 13.2 Å². The highest BCUT2D eigenvalue weighted by Crippen LogP contribution is 2.25. The normalized spacial score (nSPS) is 18.2. The van der Waals surface area contributed by atoms with Crippen molar-refractivity contribution in [1.82, 2.24) is 25.1 Å². The molecule has 2 fully saturated rings. The number of likely N-dealkylation sites (tertiary alicyclic amines) is 1. The Balaban J connectivity index is 1.33. The van der Waals surface area contributed by atoms with E-state index < -0.39 is 15.1 Å². The molecule has 0 unspecified atom stereocenters. The lowest BCUT2D eigenvalue weighted by atomic mass is 10.2. The van der Waals surface area contributed by atoms with Crippen LogP contribution in [0.3, 0.4) is 0 Å². The number of ether oxygens (including phenoxy) is 1. The molecule has 2 aliphatic rings. The number of amides is 1. The molecule has 10 nitrogen and oxygen atoms in total. The first-order valence-corrected chi connectivity index (χ1v) is 10.7. The number of rotatable bonds is 5. The Morgan fingerprint density at radius 2 is 1.86 bits per heavy atom. The van der Waals surface area contributed by atoms with Crippen molar-refractivity contribution in [2.24, 2.45) is 0 Å². The molecule has 12 heteroatoms. The first-order valence-electron chi connectivity index (χ1n) is 8.81. The van der Waals surface area contributed by atoms with Crippen molar-refractivity contribution in [1.29, 1.82) is 0 Å². The summed E-state index contributed by atoms with van der Waals surface area (Å²) >= 11 is 5.81. The van der Waals surface area contributed by atoms with Crippen LogP contribution in [0.2, 0.25) is 5.02 Å². The van der Waals surface area contributed by atoms with Gasteiger partial charge in [-0.15, -0.1) is 5.10 Å². The largest absolute Gasteiger partial charge is 0.378 e. The van der Waals surface area contributed by atoms with E-state index in [0.717, 1.165) is 0 Å². The summed E-state index contributed by atoms with van der Waals surface area (Å²) in [6.07, 6.45) is 0. The van der Waals surface area contributed by atoms with E-state index in [-0.39, 0.29) is 30.4 Å². The van der Waals surface area contributed by atoms with E-state index in [2.05, 4.69) is 15.4 Å². The zero-order valence-electron chi connectivity index (χ0n) is 14.9. The van der Waals surface area contributed by atoms with Crippen molar-refractivity contribution >= 4 is 33.3 Å². The van der Waals surface area contributed by atoms with Crippen molar-refractivity contribution < 1.29 is 17.9 Å². The van der Waals surface area contributed by atoms with Crippen molar-refractivity contribution in [2.75, 3.05) is 44.3 Å². The van der Waals surface area contributed by atoms with Gasteiger partial charge < -0.3 is 14.5 Å². The molecule has 0 aliphatic carbocycles. The Morgan fingerprint density at radius 1 is 1.18 bits per heavy atom. The number of anilines is 1. The summed E-state index contributed by atoms with van der Waals surface area (Å²) in [7, 11) is -3.49. The lowest BCUT2D eigenvalue weighted by molar-refractivity contribution is -0.135. The summed E-state index contributed by atoms with van der Waals surface area (Å²) in [5, 5.41) is 12.0. The molecule has 2 aromatic rings. The summed E-state index contributed by atoms with van der Waals surface area (Å²) in [4.78, 5) is 17.2. The van der Waals surface area contributed by atoms with Crippen LogP contribution in [0.5, 0.6) is 0 Å². The average Bonchev–Trinajstić information content (AvgIpc) is 3.10. The first-order chi connectivity index (χ1) is 13.4. The summed E-state index contributed by atoms with van der Waals surface area (Å²) < 4.78 is 30.5. The van der Waals surface area contributed by atoms with Crippen molar-refractivity contribution in [3.05, 3.63) is 29.3 Å². The smallest absolute Gasteiger partial charge is 0.266 e. The van der Waals surface area contributed by atoms with E-state index in [0.29, 0.717) is 37.3 Å². The van der Waals surface area contributed by atoms with Crippen LogP contribution in [0.25, 0.3) is 0 Å². The molecule has 0 spiro atoms. The zero-order chi connectivity index (χ0) is 19.7. The predicted octanol–water partition coefficient (Wildman–Crippen LogP) is -0.152. The molecule has 2 aliphatic heterocycles. The fourth-order valence-corrected chi connectivity index (χ4v) is 4.85. The monoisotopic (exact) mass is 426 g/mol. The molecular weight excluding hydrogens is 408 g/mol. The Kier molecular flexibility index (Phi) is 5.21. The molecule has 1 amide bonds. The lowest BCUT2D eigenvalue weighted by Gasteiger charge is -2.38. The first kappa shape index (κ1) is 19.1. The maximum absolute atomic E-state index is 12.6. The number of morpholine rings is 1. The van der Waals surface area contributed by atoms with Gasteiger partial charge in [-0.1, -0.05) is 16.7 Å². The quantitative estimate of drug-likeness (QED) is 0.649. The number of hydrogen-bond donors (Lipinski definition) is 0. The number of tetrazole rings is 1. The fourth-order valence-electron chi connectivity index (χ4n) is 3.07. The van der Waals surface area contributed by atoms with Crippen LogP contribution >= 0.6 is 11.6 Å². The zero-order valence-corrected chi connectivity index (χ0v) is 16.5. The fraction of sp³-hybridized carbons (Fsp3) is 0.500. The highest BCUT2D eigenvalue weighted by atomic mass is 35.5. The second-order valence-electron chi connectivity index (χ2n) is 6.64. The SMILES string of the molecule is O=C(Cn1nnc(N2CCOCC2)n1)N1CC(S(=O)(=O)c2ccc(Cl)cc2)C1. The number of aromatic nitrogens is 4. The Labute approximate surface area is 166 Å². The third-order valence-corrected chi connectivity index (χ3v) is 7.15. The van der Waals surface area contributed by atoms with E-state index in [1.807, 2.05) is 4.90 Å². The van der Waals surface area contributed by atoms with Crippen LogP contribution in [-0.2, 0) is 25.9 Å². The molecule has 4 rings (SSSR count). The molecule has 1 aromatic carbocycles. The van der Waals surface area contributed by atoms with Crippen LogP contribution in [0.15, 0.2) is 29.2 Å². The van der Waals surface area contributed by atoms with Crippen LogP contribution < -0.4 is 4.90 Å². The number of carbonyl (C=O) groups excluding carboxylic acids is 1. The van der Waals surface area contributed by atoms with Crippen LogP contribution in [0.1, 0.15) is 0 Å². The van der Waals surface area contributed by atoms with Gasteiger partial charge in [-0.2, -0.15) is 4.80 Å². The molecule has 2 saturated heterocycles. The van der Waals surface area contributed by atoms with Gasteiger partial charge in [0.25, 0.3) is 5.95 Å². The topological polar surface area (TPSA) is 111 Å². The molecule has 28 heavy (non-hydrogen) atoms.